The molecule has 1 aromatic rings. The Hall–Kier alpha value is -3.20. The fourth-order valence-electron chi connectivity index (χ4n) is 2.93. The number of nitrogens with two attached hydrogens (primary N) is 1. The van der Waals surface area contributed by atoms with Gasteiger partial charge in [0.2, 0.25) is 17.7 Å². The van der Waals surface area contributed by atoms with Crippen LogP contribution in [-0.2, 0) is 4.79 Å². The zero-order valence-corrected chi connectivity index (χ0v) is 15.5. The number of aromatic nitrogens is 1. The lowest BCUT2D eigenvalue weighted by atomic mass is 9.86. The summed E-state index contributed by atoms with van der Waals surface area (Å²) in [6.45, 7) is 2.70. The van der Waals surface area contributed by atoms with Crippen molar-refractivity contribution < 1.29 is 24.6 Å². The van der Waals surface area contributed by atoms with Gasteiger partial charge in [0.25, 0.3) is 0 Å². The summed E-state index contributed by atoms with van der Waals surface area (Å²) in [6, 6.07) is 2.37. The topological polar surface area (TPSA) is 130 Å². The summed E-state index contributed by atoms with van der Waals surface area (Å²) in [4.78, 5) is 30.4. The standard InChI is InChI=1S/C18H24N4O5/c1-18(11-21(2)3)8-12(4-5-13(9-18)16(19)25)10-20-17(26)27-22-14(23)6-7-15(22)24/h4-9,23-24H,10-11H2,1-3H3,(H2,19,25)(H,20,26). The molecular weight excluding hydrogens is 352 g/mol. The fraction of sp³-hybridized carbons (Fsp3) is 0.333. The molecule has 9 nitrogen and oxygen atoms in total. The first-order valence-electron chi connectivity index (χ1n) is 8.23. The van der Waals surface area contributed by atoms with E-state index in [1.165, 1.54) is 12.1 Å². The number of carbonyl (C=O) groups is 2. The van der Waals surface area contributed by atoms with Crippen LogP contribution in [0.1, 0.15) is 6.92 Å². The minimum absolute atomic E-state index is 0.112. The van der Waals surface area contributed by atoms with E-state index in [2.05, 4.69) is 5.32 Å². The van der Waals surface area contributed by atoms with Crippen LogP contribution in [-0.4, -0.2) is 59.0 Å². The molecule has 0 fully saturated rings. The molecule has 1 aromatic heterocycles. The Kier molecular flexibility index (Phi) is 5.96. The Morgan fingerprint density at radius 1 is 1.22 bits per heavy atom. The average molecular weight is 376 g/mol. The predicted molar refractivity (Wildman–Crippen MR) is 98.9 cm³/mol. The van der Waals surface area contributed by atoms with Gasteiger partial charge >= 0.3 is 6.09 Å². The molecule has 2 rings (SSSR count). The van der Waals surface area contributed by atoms with Gasteiger partial charge in [0.05, 0.1) is 0 Å². The molecule has 0 saturated heterocycles. The average Bonchev–Trinajstić information content (AvgIpc) is 2.77. The van der Waals surface area contributed by atoms with Crippen LogP contribution in [0.15, 0.2) is 47.6 Å². The third-order valence-corrected chi connectivity index (χ3v) is 3.83. The first kappa shape index (κ1) is 20.1. The van der Waals surface area contributed by atoms with E-state index in [9.17, 15) is 19.8 Å². The number of nitrogens with zero attached hydrogens (tertiary/aromatic N) is 2. The van der Waals surface area contributed by atoms with E-state index in [1.54, 1.807) is 18.2 Å². The highest BCUT2D eigenvalue weighted by molar-refractivity contribution is 5.95. The summed E-state index contributed by atoms with van der Waals surface area (Å²) >= 11 is 0. The van der Waals surface area contributed by atoms with Crippen LogP contribution in [0.3, 0.4) is 0 Å². The summed E-state index contributed by atoms with van der Waals surface area (Å²) < 4.78 is 0.593. The van der Waals surface area contributed by atoms with Crippen molar-refractivity contribution in [3.63, 3.8) is 0 Å². The Labute approximate surface area is 157 Å². The van der Waals surface area contributed by atoms with Gasteiger partial charge in [0.1, 0.15) is 0 Å². The van der Waals surface area contributed by atoms with Gasteiger partial charge in [-0.3, -0.25) is 4.79 Å². The third kappa shape index (κ3) is 5.38. The largest absolute Gasteiger partial charge is 0.492 e. The van der Waals surface area contributed by atoms with E-state index in [0.29, 0.717) is 16.8 Å². The van der Waals surface area contributed by atoms with Crippen molar-refractivity contribution >= 4 is 12.0 Å². The van der Waals surface area contributed by atoms with Gasteiger partial charge in [0, 0.05) is 36.2 Å². The Balaban J connectivity index is 2.11. The molecule has 146 valence electrons. The number of amides is 2. The minimum Gasteiger partial charge on any atom is -0.492 e. The Bertz CT molecular complexity index is 802. The lowest BCUT2D eigenvalue weighted by Gasteiger charge is -2.27. The zero-order chi connectivity index (χ0) is 20.2. The summed E-state index contributed by atoms with van der Waals surface area (Å²) in [5, 5.41) is 21.5. The molecule has 1 unspecified atom stereocenters. The lowest BCUT2D eigenvalue weighted by molar-refractivity contribution is -0.114. The predicted octanol–water partition coefficient (Wildman–Crippen LogP) is 0.513. The normalized spacial score (nSPS) is 19.3. The molecule has 0 radical (unpaired) electrons. The second-order valence-corrected chi connectivity index (χ2v) is 6.84. The van der Waals surface area contributed by atoms with Crippen molar-refractivity contribution in [2.45, 2.75) is 6.92 Å². The molecule has 0 bridgehead atoms. The first-order chi connectivity index (χ1) is 12.6. The summed E-state index contributed by atoms with van der Waals surface area (Å²) in [5.74, 6) is -1.35. The van der Waals surface area contributed by atoms with E-state index < -0.39 is 29.2 Å². The number of carbonyl (C=O) groups excluding carboxylic acids is 2. The van der Waals surface area contributed by atoms with Gasteiger partial charge in [-0.2, -0.15) is 0 Å². The summed E-state index contributed by atoms with van der Waals surface area (Å²) in [5.41, 5.74) is 6.07. The molecule has 9 heteroatoms. The van der Waals surface area contributed by atoms with Crippen LogP contribution < -0.4 is 15.9 Å². The number of aromatic hydroxyl groups is 2. The van der Waals surface area contributed by atoms with E-state index in [-0.39, 0.29) is 6.54 Å². The van der Waals surface area contributed by atoms with Gasteiger partial charge in [-0.15, -0.1) is 4.73 Å². The fourth-order valence-corrected chi connectivity index (χ4v) is 2.93. The van der Waals surface area contributed by atoms with Gasteiger partial charge in [0.15, 0.2) is 0 Å². The van der Waals surface area contributed by atoms with Crippen LogP contribution in [0.2, 0.25) is 0 Å². The molecule has 5 N–H and O–H groups in total. The molecule has 0 aliphatic heterocycles. The van der Waals surface area contributed by atoms with Crippen LogP contribution in [0.5, 0.6) is 11.8 Å². The smallest absolute Gasteiger partial charge is 0.432 e. The van der Waals surface area contributed by atoms with Gasteiger partial charge in [-0.05, 0) is 25.7 Å². The molecule has 1 aliphatic rings. The summed E-state index contributed by atoms with van der Waals surface area (Å²) in [7, 11) is 3.83. The van der Waals surface area contributed by atoms with Crippen LogP contribution in [0.4, 0.5) is 4.79 Å². The molecule has 27 heavy (non-hydrogen) atoms. The second-order valence-electron chi connectivity index (χ2n) is 6.84. The van der Waals surface area contributed by atoms with Gasteiger partial charge in [-0.1, -0.05) is 25.2 Å². The van der Waals surface area contributed by atoms with Crippen molar-refractivity contribution in [2.24, 2.45) is 11.1 Å². The molecule has 1 heterocycles. The number of hydrogen-bond donors (Lipinski definition) is 4. The minimum atomic E-state index is -0.868. The van der Waals surface area contributed by atoms with Gasteiger partial charge in [-0.25, -0.2) is 4.79 Å². The molecule has 2 amide bonds. The summed E-state index contributed by atoms with van der Waals surface area (Å²) in [6.07, 6.45) is 6.17. The van der Waals surface area contributed by atoms with Crippen molar-refractivity contribution in [2.75, 3.05) is 27.2 Å². The third-order valence-electron chi connectivity index (χ3n) is 3.83. The first-order valence-corrected chi connectivity index (χ1v) is 8.23. The van der Waals surface area contributed by atoms with Crippen LogP contribution >= 0.6 is 0 Å². The van der Waals surface area contributed by atoms with Crippen molar-refractivity contribution in [1.29, 1.82) is 0 Å². The highest BCUT2D eigenvalue weighted by atomic mass is 16.7. The monoisotopic (exact) mass is 376 g/mol. The SMILES string of the molecule is CN(C)CC1(C)C=C(CNC(=O)On2c(O)ccc2O)C=CC(C(N)=O)=C1. The molecule has 1 aliphatic carbocycles. The van der Waals surface area contributed by atoms with Gasteiger partial charge < -0.3 is 31.0 Å². The van der Waals surface area contributed by atoms with Crippen molar-refractivity contribution in [3.05, 3.63) is 47.6 Å². The van der Waals surface area contributed by atoms with Crippen LogP contribution in [0, 0.1) is 5.41 Å². The number of hydrogen-bond acceptors (Lipinski definition) is 6. The highest BCUT2D eigenvalue weighted by Gasteiger charge is 2.24. The lowest BCUT2D eigenvalue weighted by Crippen LogP contribution is -2.33. The molecular formula is C18H24N4O5. The molecule has 0 aromatic carbocycles. The van der Waals surface area contributed by atoms with Crippen LogP contribution in [0.25, 0.3) is 0 Å². The maximum atomic E-state index is 11.9. The molecule has 0 spiro atoms. The number of nitrogens with one attached hydrogen (secondary N) is 1. The van der Waals surface area contributed by atoms with E-state index in [0.717, 1.165) is 5.57 Å². The maximum Gasteiger partial charge on any atom is 0.432 e. The van der Waals surface area contributed by atoms with E-state index in [4.69, 9.17) is 10.6 Å². The quantitative estimate of drug-likeness (QED) is 0.572. The number of primary amides is 1. The van der Waals surface area contributed by atoms with E-state index >= 15 is 0 Å². The van der Waals surface area contributed by atoms with Crippen molar-refractivity contribution in [3.8, 4) is 11.8 Å². The second kappa shape index (κ2) is 8.00. The maximum absolute atomic E-state index is 11.9. The molecule has 0 saturated carbocycles. The highest BCUT2D eigenvalue weighted by Crippen LogP contribution is 2.28. The molecule has 1 atom stereocenters. The zero-order valence-electron chi connectivity index (χ0n) is 15.5. The Morgan fingerprint density at radius 2 is 1.85 bits per heavy atom. The van der Waals surface area contributed by atoms with Crippen molar-refractivity contribution in [1.82, 2.24) is 14.9 Å². The Morgan fingerprint density at radius 3 is 2.41 bits per heavy atom. The number of rotatable bonds is 6. The van der Waals surface area contributed by atoms with E-state index in [1.807, 2.05) is 32.0 Å².